The van der Waals surface area contributed by atoms with Gasteiger partial charge in [-0.3, -0.25) is 0 Å². The smallest absolute Gasteiger partial charge is 0.233 e. The lowest BCUT2D eigenvalue weighted by molar-refractivity contribution is 0.114. The summed E-state index contributed by atoms with van der Waals surface area (Å²) < 4.78 is 28.1. The van der Waals surface area contributed by atoms with E-state index in [4.69, 9.17) is 15.4 Å². The monoisotopic (exact) mass is 304 g/mol. The number of hydrogen-bond acceptors (Lipinski definition) is 3. The molecule has 108 valence electrons. The van der Waals surface area contributed by atoms with Gasteiger partial charge < -0.3 is 4.74 Å². The summed E-state index contributed by atoms with van der Waals surface area (Å²) in [4.78, 5) is 0. The average Bonchev–Trinajstić information content (AvgIpc) is 2.32. The van der Waals surface area contributed by atoms with E-state index in [9.17, 15) is 8.42 Å². The van der Waals surface area contributed by atoms with E-state index in [2.05, 4.69) is 13.8 Å². The van der Waals surface area contributed by atoms with Gasteiger partial charge in [-0.05, 0) is 17.9 Å². The first-order valence-corrected chi connectivity index (χ1v) is 8.91. The summed E-state index contributed by atoms with van der Waals surface area (Å²) in [5.74, 6) is 0.267. The van der Waals surface area contributed by atoms with Gasteiger partial charge in [-0.2, -0.15) is 0 Å². The molecule has 19 heavy (non-hydrogen) atoms. The summed E-state index contributed by atoms with van der Waals surface area (Å²) in [7, 11) is 1.82. The minimum atomic E-state index is -3.53. The van der Waals surface area contributed by atoms with Crippen LogP contribution in [0.1, 0.15) is 31.7 Å². The molecule has 0 spiro atoms. The summed E-state index contributed by atoms with van der Waals surface area (Å²) in [6.07, 6.45) is 0.967. The SMILES string of the molecule is CC(C)CCOCC(CS(=O)(=O)Cl)c1ccccc1. The minimum absolute atomic E-state index is 0.0970. The van der Waals surface area contributed by atoms with Gasteiger partial charge in [-0.1, -0.05) is 44.2 Å². The third-order valence-corrected chi connectivity index (χ3v) is 4.01. The Morgan fingerprint density at radius 2 is 1.84 bits per heavy atom. The van der Waals surface area contributed by atoms with Crippen LogP contribution in [0.3, 0.4) is 0 Å². The average molecular weight is 305 g/mol. The molecule has 1 aromatic carbocycles. The molecule has 0 aromatic heterocycles. The van der Waals surface area contributed by atoms with Gasteiger partial charge in [0.15, 0.2) is 0 Å². The first-order valence-electron chi connectivity index (χ1n) is 6.43. The van der Waals surface area contributed by atoms with Crippen molar-refractivity contribution < 1.29 is 13.2 Å². The van der Waals surface area contributed by atoms with E-state index in [0.717, 1.165) is 12.0 Å². The maximum absolute atomic E-state index is 11.3. The Kier molecular flexibility index (Phi) is 6.83. The third kappa shape index (κ3) is 7.55. The Morgan fingerprint density at radius 3 is 2.37 bits per heavy atom. The molecular weight excluding hydrogens is 284 g/mol. The second kappa shape index (κ2) is 7.88. The second-order valence-corrected chi connectivity index (χ2v) is 7.89. The highest BCUT2D eigenvalue weighted by Crippen LogP contribution is 2.20. The van der Waals surface area contributed by atoms with Gasteiger partial charge in [-0.15, -0.1) is 0 Å². The molecule has 3 nitrogen and oxygen atoms in total. The van der Waals surface area contributed by atoms with Crippen molar-refractivity contribution in [3.63, 3.8) is 0 Å². The van der Waals surface area contributed by atoms with Gasteiger partial charge >= 0.3 is 0 Å². The van der Waals surface area contributed by atoms with Crippen LogP contribution in [0.2, 0.25) is 0 Å². The van der Waals surface area contributed by atoms with E-state index in [0.29, 0.717) is 19.1 Å². The quantitative estimate of drug-likeness (QED) is 0.546. The number of rotatable bonds is 8. The molecule has 1 atom stereocenters. The maximum Gasteiger partial charge on any atom is 0.233 e. The number of halogens is 1. The Hall–Kier alpha value is -0.580. The van der Waals surface area contributed by atoms with Gasteiger partial charge in [0, 0.05) is 23.2 Å². The minimum Gasteiger partial charge on any atom is -0.381 e. The molecule has 0 fully saturated rings. The largest absolute Gasteiger partial charge is 0.381 e. The lowest BCUT2D eigenvalue weighted by atomic mass is 10.0. The predicted molar refractivity (Wildman–Crippen MR) is 79.1 cm³/mol. The molecule has 0 bridgehead atoms. The van der Waals surface area contributed by atoms with Crippen molar-refractivity contribution >= 4 is 19.7 Å². The van der Waals surface area contributed by atoms with Gasteiger partial charge in [0.05, 0.1) is 12.4 Å². The van der Waals surface area contributed by atoms with Crippen LogP contribution < -0.4 is 0 Å². The topological polar surface area (TPSA) is 43.4 Å². The lowest BCUT2D eigenvalue weighted by Crippen LogP contribution is -2.17. The second-order valence-electron chi connectivity index (χ2n) is 5.07. The van der Waals surface area contributed by atoms with Crippen molar-refractivity contribution in [2.24, 2.45) is 5.92 Å². The van der Waals surface area contributed by atoms with Gasteiger partial charge in [0.2, 0.25) is 9.05 Å². The van der Waals surface area contributed by atoms with Crippen LogP contribution >= 0.6 is 10.7 Å². The summed E-state index contributed by atoms with van der Waals surface area (Å²) in [5, 5.41) is 0. The molecule has 0 heterocycles. The van der Waals surface area contributed by atoms with Crippen LogP contribution in [0.5, 0.6) is 0 Å². The molecule has 1 unspecified atom stereocenters. The number of hydrogen-bond donors (Lipinski definition) is 0. The van der Waals surface area contributed by atoms with E-state index in [1.807, 2.05) is 30.3 Å². The Labute approximate surface area is 120 Å². The normalized spacial score (nSPS) is 13.7. The highest BCUT2D eigenvalue weighted by molar-refractivity contribution is 8.13. The standard InChI is InChI=1S/C14H21ClO3S/c1-12(2)8-9-18-10-14(11-19(15,16)17)13-6-4-3-5-7-13/h3-7,12,14H,8-11H2,1-2H3. The Bertz CT molecular complexity index is 457. The molecule has 0 saturated carbocycles. The van der Waals surface area contributed by atoms with Crippen molar-refractivity contribution in [2.75, 3.05) is 19.0 Å². The molecule has 0 aliphatic rings. The van der Waals surface area contributed by atoms with Gasteiger partial charge in [0.1, 0.15) is 0 Å². The highest BCUT2D eigenvalue weighted by Gasteiger charge is 2.19. The zero-order valence-corrected chi connectivity index (χ0v) is 13.0. The van der Waals surface area contributed by atoms with Crippen LogP contribution in [-0.4, -0.2) is 27.4 Å². The Balaban J connectivity index is 2.61. The molecule has 1 aromatic rings. The fourth-order valence-corrected chi connectivity index (χ4v) is 2.98. The van der Waals surface area contributed by atoms with Gasteiger partial charge in [0.25, 0.3) is 0 Å². The molecule has 1 rings (SSSR count). The van der Waals surface area contributed by atoms with Crippen LogP contribution in [-0.2, 0) is 13.8 Å². The Morgan fingerprint density at radius 1 is 1.21 bits per heavy atom. The summed E-state index contributed by atoms with van der Waals surface area (Å²) in [6, 6.07) is 9.47. The van der Waals surface area contributed by atoms with E-state index >= 15 is 0 Å². The molecule has 0 N–H and O–H groups in total. The lowest BCUT2D eigenvalue weighted by Gasteiger charge is -2.16. The van der Waals surface area contributed by atoms with Crippen molar-refractivity contribution in [3.8, 4) is 0 Å². The first-order chi connectivity index (χ1) is 8.88. The van der Waals surface area contributed by atoms with E-state index < -0.39 is 9.05 Å². The third-order valence-electron chi connectivity index (χ3n) is 2.83. The van der Waals surface area contributed by atoms with E-state index in [1.165, 1.54) is 0 Å². The van der Waals surface area contributed by atoms with Crippen LogP contribution in [0.25, 0.3) is 0 Å². The summed E-state index contributed by atoms with van der Waals surface area (Å²) in [5.41, 5.74) is 0.941. The van der Waals surface area contributed by atoms with Crippen molar-refractivity contribution in [3.05, 3.63) is 35.9 Å². The van der Waals surface area contributed by atoms with Crippen molar-refractivity contribution in [1.82, 2.24) is 0 Å². The highest BCUT2D eigenvalue weighted by atomic mass is 35.7. The maximum atomic E-state index is 11.3. The summed E-state index contributed by atoms with van der Waals surface area (Å²) in [6.45, 7) is 5.27. The molecule has 0 saturated heterocycles. The first kappa shape index (κ1) is 16.5. The van der Waals surface area contributed by atoms with E-state index in [-0.39, 0.29) is 11.7 Å². The zero-order valence-electron chi connectivity index (χ0n) is 11.4. The van der Waals surface area contributed by atoms with Crippen molar-refractivity contribution in [1.29, 1.82) is 0 Å². The van der Waals surface area contributed by atoms with Crippen molar-refractivity contribution in [2.45, 2.75) is 26.2 Å². The van der Waals surface area contributed by atoms with Crippen LogP contribution in [0.4, 0.5) is 0 Å². The fraction of sp³-hybridized carbons (Fsp3) is 0.571. The summed E-state index contributed by atoms with van der Waals surface area (Å²) >= 11 is 0. The molecule has 0 aliphatic heterocycles. The molecule has 0 radical (unpaired) electrons. The predicted octanol–water partition coefficient (Wildman–Crippen LogP) is 3.40. The van der Waals surface area contributed by atoms with Crippen LogP contribution in [0, 0.1) is 5.92 Å². The van der Waals surface area contributed by atoms with Gasteiger partial charge in [-0.25, -0.2) is 8.42 Å². The van der Waals surface area contributed by atoms with Crippen LogP contribution in [0.15, 0.2) is 30.3 Å². The number of benzene rings is 1. The molecule has 0 aliphatic carbocycles. The fourth-order valence-electron chi connectivity index (χ4n) is 1.75. The molecule has 0 amide bonds. The molecule has 5 heteroatoms. The zero-order chi connectivity index (χ0) is 14.3. The number of ether oxygens (including phenoxy) is 1. The van der Waals surface area contributed by atoms with E-state index in [1.54, 1.807) is 0 Å². The molecular formula is C14H21ClO3S.